The highest BCUT2D eigenvalue weighted by atomic mass is 19.3. The van der Waals surface area contributed by atoms with Gasteiger partial charge in [0.05, 0.1) is 0 Å². The van der Waals surface area contributed by atoms with Crippen LogP contribution in [0.4, 0.5) is 35.1 Å². The Morgan fingerprint density at radius 3 is 1.20 bits per heavy atom. The number of aliphatic hydroxyl groups excluding tert-OH is 3. The van der Waals surface area contributed by atoms with Crippen LogP contribution in [0, 0.1) is 47.4 Å². The molecule has 0 heterocycles. The Kier molecular flexibility index (Phi) is 42.8. The van der Waals surface area contributed by atoms with Crippen molar-refractivity contribution in [2.75, 3.05) is 0 Å². The topological polar surface area (TPSA) is 87.0 Å². The van der Waals surface area contributed by atoms with Gasteiger partial charge >= 0.3 is 29.7 Å². The zero-order valence-electron chi connectivity index (χ0n) is 36.2. The van der Waals surface area contributed by atoms with E-state index < -0.39 is 54.1 Å². The largest absolute Gasteiger partial charge is 0.449 e. The van der Waals surface area contributed by atoms with Gasteiger partial charge in [0, 0.05) is 34.6 Å². The lowest BCUT2D eigenvalue weighted by Gasteiger charge is -2.10. The molecular formula is C46H74F8O5. The fourth-order valence-corrected chi connectivity index (χ4v) is 4.06. The molecule has 0 saturated carbocycles. The first-order chi connectivity index (χ1) is 26.7. The molecule has 0 saturated heterocycles. The minimum absolute atomic E-state index is 0. The van der Waals surface area contributed by atoms with Gasteiger partial charge in [-0.25, -0.2) is 0 Å². The molecule has 0 aromatic heterocycles. The summed E-state index contributed by atoms with van der Waals surface area (Å²) in [6.07, 6.45) is 15.0. The van der Waals surface area contributed by atoms with Gasteiger partial charge in [-0.15, -0.1) is 0 Å². The summed E-state index contributed by atoms with van der Waals surface area (Å²) < 4.78 is 103. The van der Waals surface area contributed by atoms with E-state index in [1.807, 2.05) is 32.9 Å². The lowest BCUT2D eigenvalue weighted by molar-refractivity contribution is -0.144. The number of esters is 1. The molecule has 0 bridgehead atoms. The molecule has 3 N–H and O–H groups in total. The fraction of sp³-hybridized carbons (Fsp3) is 0.761. The molecule has 0 fully saturated rings. The molecule has 59 heavy (non-hydrogen) atoms. The zero-order chi connectivity index (χ0) is 45.7. The van der Waals surface area contributed by atoms with Crippen LogP contribution in [0.3, 0.4) is 0 Å². The first-order valence-corrected chi connectivity index (χ1v) is 20.2. The minimum Gasteiger partial charge on any atom is -0.449 e. The summed E-state index contributed by atoms with van der Waals surface area (Å²) in [4.78, 5) is 10.7. The van der Waals surface area contributed by atoms with Crippen LogP contribution in [0.2, 0.25) is 0 Å². The SMILES string of the molecule is C.CC/C=C\CCC(O)C#CC(C)(F)F.CCCCCC(C#CC(C)(F)F)OC(C)=O.CCCCCC(O)C#CC(C)(F)F.CCCCCCCC(O)C#CC(C)(F)F. The van der Waals surface area contributed by atoms with Crippen LogP contribution in [0.25, 0.3) is 0 Å². The van der Waals surface area contributed by atoms with E-state index in [9.17, 15) is 50.1 Å². The third kappa shape index (κ3) is 66.8. The van der Waals surface area contributed by atoms with Crippen molar-refractivity contribution < 1.29 is 60.0 Å². The van der Waals surface area contributed by atoms with Gasteiger partial charge in [-0.2, -0.15) is 35.1 Å². The van der Waals surface area contributed by atoms with Gasteiger partial charge in [0.25, 0.3) is 0 Å². The van der Waals surface area contributed by atoms with Crippen LogP contribution in [0.1, 0.15) is 179 Å². The number of hydrogen-bond acceptors (Lipinski definition) is 5. The fourth-order valence-electron chi connectivity index (χ4n) is 4.06. The van der Waals surface area contributed by atoms with E-state index in [4.69, 9.17) is 9.84 Å². The Labute approximate surface area is 351 Å². The molecule has 5 nitrogen and oxygen atoms in total. The zero-order valence-corrected chi connectivity index (χ0v) is 36.2. The number of carbonyl (C=O) groups is 1. The number of rotatable bonds is 19. The van der Waals surface area contributed by atoms with Crippen LogP contribution in [0.5, 0.6) is 0 Å². The van der Waals surface area contributed by atoms with E-state index in [1.54, 1.807) is 23.7 Å². The van der Waals surface area contributed by atoms with Gasteiger partial charge < -0.3 is 20.1 Å². The minimum atomic E-state index is -3.04. The first kappa shape index (κ1) is 64.9. The number of halogens is 8. The van der Waals surface area contributed by atoms with Crippen LogP contribution in [-0.2, 0) is 9.53 Å². The highest BCUT2D eigenvalue weighted by Crippen LogP contribution is 2.13. The van der Waals surface area contributed by atoms with E-state index in [1.165, 1.54) is 19.8 Å². The number of aliphatic hydroxyl groups is 3. The Hall–Kier alpha value is -3.23. The Morgan fingerprint density at radius 2 is 0.847 bits per heavy atom. The molecule has 13 heteroatoms. The molecule has 0 aliphatic heterocycles. The van der Waals surface area contributed by atoms with Crippen molar-refractivity contribution in [3.05, 3.63) is 12.2 Å². The monoisotopic (exact) mass is 859 g/mol. The summed E-state index contributed by atoms with van der Waals surface area (Å²) in [6, 6.07) is 0. The molecule has 0 aliphatic carbocycles. The first-order valence-electron chi connectivity index (χ1n) is 20.2. The molecule has 0 rings (SSSR count). The summed E-state index contributed by atoms with van der Waals surface area (Å²) in [5.41, 5.74) is 0. The summed E-state index contributed by atoms with van der Waals surface area (Å²) in [5, 5.41) is 27.6. The maximum absolute atomic E-state index is 12.5. The number of carbonyl (C=O) groups excluding carboxylic acids is 1. The molecule has 0 spiro atoms. The second-order valence-electron chi connectivity index (χ2n) is 13.9. The average Bonchev–Trinajstić information content (AvgIpc) is 3.09. The van der Waals surface area contributed by atoms with Gasteiger partial charge in [-0.05, 0) is 81.5 Å². The highest BCUT2D eigenvalue weighted by molar-refractivity contribution is 5.66. The molecule has 0 aliphatic rings. The molecule has 344 valence electrons. The van der Waals surface area contributed by atoms with Crippen LogP contribution in [-0.4, -0.2) is 69.4 Å². The van der Waals surface area contributed by atoms with Crippen molar-refractivity contribution in [3.63, 3.8) is 0 Å². The van der Waals surface area contributed by atoms with Gasteiger partial charge in [0.2, 0.25) is 0 Å². The molecule has 0 aromatic rings. The van der Waals surface area contributed by atoms with Gasteiger partial charge in [0.1, 0.15) is 18.3 Å². The number of unbranched alkanes of at least 4 members (excludes halogenated alkanes) is 8. The van der Waals surface area contributed by atoms with E-state index in [0.29, 0.717) is 39.0 Å². The molecule has 4 unspecified atom stereocenters. The quantitative estimate of drug-likeness (QED) is 0.0396. The van der Waals surface area contributed by atoms with Crippen molar-refractivity contribution in [3.8, 4) is 47.4 Å². The Bertz CT molecular complexity index is 1300. The second-order valence-corrected chi connectivity index (χ2v) is 13.9. The molecule has 0 radical (unpaired) electrons. The number of hydrogen-bond donors (Lipinski definition) is 3. The van der Waals surface area contributed by atoms with Crippen molar-refractivity contribution in [1.29, 1.82) is 0 Å². The predicted molar refractivity (Wildman–Crippen MR) is 224 cm³/mol. The Balaban J connectivity index is -0.000000219. The normalized spacial score (nSPS) is 12.9. The van der Waals surface area contributed by atoms with Gasteiger partial charge in [0.15, 0.2) is 6.10 Å². The summed E-state index contributed by atoms with van der Waals surface area (Å²) in [7, 11) is 0. The van der Waals surface area contributed by atoms with Gasteiger partial charge in [-0.1, -0.05) is 122 Å². The summed E-state index contributed by atoms with van der Waals surface area (Å²) >= 11 is 0. The standard InChI is InChI=1S/C12H18F2O2.C12H20F2O.C11H16F2O.C10H16F2O.CH4/c1-4-5-6-7-11(16-10(2)15)8-9-12(3,13)14;1-3-4-5-6-7-8-11(15)9-10-12(2,13)14;1-3-4-5-6-7-10(14)8-9-11(2,12)13;1-3-4-5-6-9(13)7-8-10(2,11)12;/h11H,4-7H2,1-3H3;11,15H,3-8H2,1-2H3;4-5,10,14H,3,6-7H2,1-2H3;9,13H,3-6H2,1-2H3;1H4/b;;5-4-;;. The van der Waals surface area contributed by atoms with Crippen molar-refractivity contribution in [1.82, 2.24) is 0 Å². The van der Waals surface area contributed by atoms with Crippen molar-refractivity contribution in [2.45, 2.75) is 227 Å². The Morgan fingerprint density at radius 1 is 0.525 bits per heavy atom. The van der Waals surface area contributed by atoms with Gasteiger partial charge in [-0.3, -0.25) is 4.79 Å². The lowest BCUT2D eigenvalue weighted by atomic mass is 10.1. The summed E-state index contributed by atoms with van der Waals surface area (Å²) in [6.45, 7) is 12.3. The lowest BCUT2D eigenvalue weighted by Crippen LogP contribution is -2.16. The van der Waals surface area contributed by atoms with E-state index >= 15 is 0 Å². The van der Waals surface area contributed by atoms with E-state index in [-0.39, 0.29) is 7.43 Å². The number of ether oxygens (including phenoxy) is 1. The van der Waals surface area contributed by atoms with Crippen molar-refractivity contribution >= 4 is 5.97 Å². The van der Waals surface area contributed by atoms with Crippen LogP contribution < -0.4 is 0 Å². The number of allylic oxidation sites excluding steroid dienone is 2. The second kappa shape index (κ2) is 38.9. The van der Waals surface area contributed by atoms with Crippen LogP contribution in [0.15, 0.2) is 12.2 Å². The molecular weight excluding hydrogens is 784 g/mol. The third-order valence-electron chi connectivity index (χ3n) is 6.88. The van der Waals surface area contributed by atoms with Crippen LogP contribution >= 0.6 is 0 Å². The smallest absolute Gasteiger partial charge is 0.305 e. The average molecular weight is 859 g/mol. The molecule has 0 amide bonds. The summed E-state index contributed by atoms with van der Waals surface area (Å²) in [5.74, 6) is 3.15. The predicted octanol–water partition coefficient (Wildman–Crippen LogP) is 12.5. The van der Waals surface area contributed by atoms with Crippen molar-refractivity contribution in [2.24, 2.45) is 0 Å². The maximum Gasteiger partial charge on any atom is 0.305 e. The maximum atomic E-state index is 12.5. The molecule has 0 aromatic carbocycles. The van der Waals surface area contributed by atoms with E-state index in [0.717, 1.165) is 85.0 Å². The molecule has 4 atom stereocenters. The number of alkyl halides is 8. The van der Waals surface area contributed by atoms with E-state index in [2.05, 4.69) is 30.6 Å². The highest BCUT2D eigenvalue weighted by Gasteiger charge is 2.19. The third-order valence-corrected chi connectivity index (χ3v) is 6.88.